The summed E-state index contributed by atoms with van der Waals surface area (Å²) in [4.78, 5) is 16.3. The minimum Gasteiger partial charge on any atom is -0.349 e. The zero-order valence-corrected chi connectivity index (χ0v) is 12.6. The lowest BCUT2D eigenvalue weighted by molar-refractivity contribution is -0.121. The van der Waals surface area contributed by atoms with Crippen molar-refractivity contribution < 1.29 is 4.79 Å². The van der Waals surface area contributed by atoms with E-state index in [4.69, 9.17) is 0 Å². The predicted molar refractivity (Wildman–Crippen MR) is 78.8 cm³/mol. The number of nitrogens with one attached hydrogen (secondary N) is 1. The average molecular weight is 322 g/mol. The first-order valence-electron chi connectivity index (χ1n) is 6.48. The van der Waals surface area contributed by atoms with Crippen LogP contribution in [0.1, 0.15) is 25.8 Å². The normalized spacial score (nSPS) is 22.2. The minimum atomic E-state index is 0.0837. The number of hydrogen-bond donors (Lipinski definition) is 1. The number of pyridine rings is 1. The lowest BCUT2D eigenvalue weighted by Gasteiger charge is -2.37. The fraction of sp³-hybridized carbons (Fsp3) is 0.429. The summed E-state index contributed by atoms with van der Waals surface area (Å²) >= 11 is 3.53. The third-order valence-corrected chi connectivity index (χ3v) is 4.27. The van der Waals surface area contributed by atoms with Gasteiger partial charge in [0.05, 0.1) is 35.2 Å². The minimum absolute atomic E-state index is 0.0837. The summed E-state index contributed by atoms with van der Waals surface area (Å²) in [6.45, 7) is 4.99. The Kier molecular flexibility index (Phi) is 3.09. The van der Waals surface area contributed by atoms with Gasteiger partial charge in [-0.15, -0.1) is 0 Å². The van der Waals surface area contributed by atoms with Crippen molar-refractivity contribution in [1.29, 1.82) is 0 Å². The SMILES string of the molecule is CC(C)C1NC(=O)CC2=C1c1cccnc1N(Br)C2. The summed E-state index contributed by atoms with van der Waals surface area (Å²) in [6, 6.07) is 4.11. The summed E-state index contributed by atoms with van der Waals surface area (Å²) in [5.74, 6) is 1.41. The molecule has 2 aliphatic heterocycles. The van der Waals surface area contributed by atoms with Crippen LogP contribution in [0.2, 0.25) is 0 Å². The number of carbonyl (C=O) groups is 1. The molecule has 0 saturated heterocycles. The number of halogens is 1. The Bertz CT molecular complexity index is 568. The third-order valence-electron chi connectivity index (χ3n) is 3.69. The topological polar surface area (TPSA) is 45.2 Å². The molecule has 3 heterocycles. The Morgan fingerprint density at radius 2 is 2.32 bits per heavy atom. The van der Waals surface area contributed by atoms with Gasteiger partial charge < -0.3 is 5.32 Å². The van der Waals surface area contributed by atoms with Crippen LogP contribution in [0.5, 0.6) is 0 Å². The second-order valence-corrected chi connectivity index (χ2v) is 6.23. The summed E-state index contributed by atoms with van der Waals surface area (Å²) in [5.41, 5.74) is 3.58. The fourth-order valence-electron chi connectivity index (χ4n) is 2.85. The summed E-state index contributed by atoms with van der Waals surface area (Å²) in [6.07, 6.45) is 2.28. The molecule has 0 bridgehead atoms. The van der Waals surface area contributed by atoms with Crippen molar-refractivity contribution in [2.45, 2.75) is 26.3 Å². The van der Waals surface area contributed by atoms with Crippen molar-refractivity contribution in [3.63, 3.8) is 0 Å². The first-order valence-corrected chi connectivity index (χ1v) is 7.19. The first kappa shape index (κ1) is 12.7. The van der Waals surface area contributed by atoms with Crippen molar-refractivity contribution in [3.05, 3.63) is 29.5 Å². The second kappa shape index (κ2) is 4.63. The lowest BCUT2D eigenvalue weighted by atomic mass is 9.82. The summed E-state index contributed by atoms with van der Waals surface area (Å²) in [5, 5.41) is 3.11. The van der Waals surface area contributed by atoms with Gasteiger partial charge in [-0.2, -0.15) is 0 Å². The van der Waals surface area contributed by atoms with Crippen molar-refractivity contribution in [2.24, 2.45) is 5.92 Å². The molecule has 3 rings (SSSR count). The van der Waals surface area contributed by atoms with Crippen molar-refractivity contribution in [2.75, 3.05) is 10.5 Å². The molecular formula is C14H16BrN3O. The highest BCUT2D eigenvalue weighted by atomic mass is 79.9. The predicted octanol–water partition coefficient (Wildman–Crippen LogP) is 2.51. The fourth-order valence-corrected chi connectivity index (χ4v) is 3.43. The molecule has 1 atom stereocenters. The molecule has 0 aliphatic carbocycles. The van der Waals surface area contributed by atoms with Crippen LogP contribution in [0, 0.1) is 5.92 Å². The standard InChI is InChI=1S/C14H16BrN3O/c1-8(2)13-12-9(6-11(19)17-13)7-18(15)14-10(12)4-3-5-16-14/h3-5,8,13H,6-7H2,1-2H3,(H,17,19). The highest BCUT2D eigenvalue weighted by molar-refractivity contribution is 9.10. The number of aromatic nitrogens is 1. The first-order chi connectivity index (χ1) is 9.08. The molecule has 0 aromatic carbocycles. The van der Waals surface area contributed by atoms with Gasteiger partial charge in [0.25, 0.3) is 0 Å². The van der Waals surface area contributed by atoms with Gasteiger partial charge in [-0.25, -0.2) is 4.98 Å². The summed E-state index contributed by atoms with van der Waals surface area (Å²) in [7, 11) is 0. The zero-order valence-electron chi connectivity index (χ0n) is 11.0. The highest BCUT2D eigenvalue weighted by Gasteiger charge is 2.35. The van der Waals surface area contributed by atoms with Gasteiger partial charge in [0.2, 0.25) is 5.91 Å². The van der Waals surface area contributed by atoms with Gasteiger partial charge in [-0.05, 0) is 29.2 Å². The van der Waals surface area contributed by atoms with Gasteiger partial charge in [0, 0.05) is 11.8 Å². The maximum absolute atomic E-state index is 11.9. The van der Waals surface area contributed by atoms with Gasteiger partial charge in [-0.3, -0.25) is 8.72 Å². The number of carbonyl (C=O) groups excluding carboxylic acids is 1. The molecule has 0 radical (unpaired) electrons. The van der Waals surface area contributed by atoms with Crippen molar-refractivity contribution in [1.82, 2.24) is 10.3 Å². The highest BCUT2D eigenvalue weighted by Crippen LogP contribution is 2.40. The number of anilines is 1. The van der Waals surface area contributed by atoms with Crippen LogP contribution in [0.4, 0.5) is 5.82 Å². The van der Waals surface area contributed by atoms with Crippen LogP contribution in [-0.2, 0) is 4.79 Å². The van der Waals surface area contributed by atoms with E-state index < -0.39 is 0 Å². The molecular weight excluding hydrogens is 306 g/mol. The van der Waals surface area contributed by atoms with Crippen LogP contribution < -0.4 is 9.24 Å². The van der Waals surface area contributed by atoms with Crippen LogP contribution >= 0.6 is 16.1 Å². The summed E-state index contributed by atoms with van der Waals surface area (Å²) < 4.78 is 1.94. The van der Waals surface area contributed by atoms with Crippen LogP contribution in [0.3, 0.4) is 0 Å². The van der Waals surface area contributed by atoms with Crippen LogP contribution in [-0.4, -0.2) is 23.5 Å². The van der Waals surface area contributed by atoms with E-state index in [9.17, 15) is 4.79 Å². The van der Waals surface area contributed by atoms with E-state index in [1.165, 1.54) is 11.1 Å². The number of amides is 1. The maximum Gasteiger partial charge on any atom is 0.224 e. The third kappa shape index (κ3) is 2.06. The Hall–Kier alpha value is -1.36. The Morgan fingerprint density at radius 3 is 3.05 bits per heavy atom. The van der Waals surface area contributed by atoms with Gasteiger partial charge >= 0.3 is 0 Å². The molecule has 1 amide bonds. The van der Waals surface area contributed by atoms with Gasteiger partial charge in [0.15, 0.2) is 0 Å². The number of hydrogen-bond acceptors (Lipinski definition) is 3. The monoisotopic (exact) mass is 321 g/mol. The largest absolute Gasteiger partial charge is 0.349 e. The molecule has 2 aliphatic rings. The van der Waals surface area contributed by atoms with Crippen LogP contribution in [0.15, 0.2) is 23.9 Å². The van der Waals surface area contributed by atoms with Gasteiger partial charge in [-0.1, -0.05) is 13.8 Å². The lowest BCUT2D eigenvalue weighted by Crippen LogP contribution is -2.45. The number of nitrogens with zero attached hydrogens (tertiary/aromatic N) is 2. The van der Waals surface area contributed by atoms with Crippen molar-refractivity contribution in [3.8, 4) is 0 Å². The number of fused-ring (bicyclic) bond motifs is 2. The quantitative estimate of drug-likeness (QED) is 0.808. The van der Waals surface area contributed by atoms with E-state index in [1.54, 1.807) is 6.20 Å². The Morgan fingerprint density at radius 1 is 1.53 bits per heavy atom. The molecule has 100 valence electrons. The molecule has 0 fully saturated rings. The molecule has 5 heteroatoms. The molecule has 1 aromatic heterocycles. The van der Waals surface area contributed by atoms with Gasteiger partial charge in [0.1, 0.15) is 5.82 Å². The molecule has 19 heavy (non-hydrogen) atoms. The van der Waals surface area contributed by atoms with E-state index in [1.807, 2.05) is 9.99 Å². The van der Waals surface area contributed by atoms with E-state index in [0.29, 0.717) is 12.3 Å². The average Bonchev–Trinajstić information content (AvgIpc) is 2.37. The Balaban J connectivity index is 2.17. The molecule has 1 aromatic rings. The molecule has 0 saturated carbocycles. The van der Waals surface area contributed by atoms with E-state index in [2.05, 4.69) is 46.4 Å². The van der Waals surface area contributed by atoms with E-state index in [-0.39, 0.29) is 11.9 Å². The molecule has 4 nitrogen and oxygen atoms in total. The smallest absolute Gasteiger partial charge is 0.224 e. The van der Waals surface area contributed by atoms with E-state index in [0.717, 1.165) is 17.9 Å². The molecule has 1 unspecified atom stereocenters. The zero-order chi connectivity index (χ0) is 13.6. The van der Waals surface area contributed by atoms with Crippen LogP contribution in [0.25, 0.3) is 5.57 Å². The molecule has 1 N–H and O–H groups in total. The van der Waals surface area contributed by atoms with Crippen molar-refractivity contribution >= 4 is 33.4 Å². The maximum atomic E-state index is 11.9. The second-order valence-electron chi connectivity index (χ2n) is 5.38. The van der Waals surface area contributed by atoms with E-state index >= 15 is 0 Å². The Labute approximate surface area is 121 Å². The number of rotatable bonds is 1. The molecule has 0 spiro atoms.